The number of allylic oxidation sites excluding steroid dienone is 3. The summed E-state index contributed by atoms with van der Waals surface area (Å²) < 4.78 is 14.3. The highest BCUT2D eigenvalue weighted by Gasteiger charge is 2.78. The first-order chi connectivity index (χ1) is 21.3. The van der Waals surface area contributed by atoms with Gasteiger partial charge in [0.05, 0.1) is 23.2 Å². The van der Waals surface area contributed by atoms with Gasteiger partial charge in [0.1, 0.15) is 0 Å². The topological polar surface area (TPSA) is 93.1 Å². The number of rotatable bonds is 4. The van der Waals surface area contributed by atoms with Crippen molar-refractivity contribution in [3.8, 4) is 0 Å². The number of fused-ring (bicyclic) bond motifs is 4. The lowest BCUT2D eigenvalue weighted by Crippen LogP contribution is -2.72. The van der Waals surface area contributed by atoms with E-state index in [1.807, 2.05) is 26.0 Å². The molecule has 0 radical (unpaired) electrons. The van der Waals surface area contributed by atoms with E-state index in [0.29, 0.717) is 30.2 Å². The maximum atomic E-state index is 13.3. The van der Waals surface area contributed by atoms with Gasteiger partial charge in [-0.2, -0.15) is 0 Å². The molecule has 5 aliphatic carbocycles. The van der Waals surface area contributed by atoms with Gasteiger partial charge in [0, 0.05) is 10.8 Å². The Labute approximate surface area is 275 Å². The summed E-state index contributed by atoms with van der Waals surface area (Å²) >= 11 is 0. The number of aromatic carboxylic acids is 1. The average molecular weight is 631 g/mol. The molecule has 6 heteroatoms. The Morgan fingerprint density at radius 3 is 2.13 bits per heavy atom. The maximum absolute atomic E-state index is 13.3. The van der Waals surface area contributed by atoms with Gasteiger partial charge < -0.3 is 19.7 Å². The van der Waals surface area contributed by atoms with Crippen molar-refractivity contribution >= 4 is 17.5 Å². The number of hydrogen-bond acceptors (Lipinski definition) is 4. The molecule has 4 saturated carbocycles. The first kappa shape index (κ1) is 32.1. The first-order valence-corrected chi connectivity index (χ1v) is 17.6. The van der Waals surface area contributed by atoms with Crippen LogP contribution >= 0.6 is 0 Å². The molecule has 1 saturated heterocycles. The van der Waals surface area contributed by atoms with Crippen LogP contribution in [0.25, 0.3) is 5.57 Å². The van der Waals surface area contributed by atoms with Crippen LogP contribution in [0.4, 0.5) is 0 Å². The smallest absolute Gasteiger partial charge is 0.335 e. The maximum Gasteiger partial charge on any atom is 0.335 e. The molecule has 46 heavy (non-hydrogen) atoms. The van der Waals surface area contributed by atoms with Gasteiger partial charge >= 0.3 is 11.9 Å². The monoisotopic (exact) mass is 630 g/mol. The Kier molecular flexibility index (Phi) is 6.85. The van der Waals surface area contributed by atoms with Crippen LogP contribution in [0, 0.1) is 56.7 Å². The third-order valence-electron chi connectivity index (χ3n) is 15.4. The van der Waals surface area contributed by atoms with Gasteiger partial charge in [-0.05, 0) is 129 Å². The predicted molar refractivity (Wildman–Crippen MR) is 178 cm³/mol. The van der Waals surface area contributed by atoms with Crippen LogP contribution in [0.3, 0.4) is 0 Å². The Bertz CT molecular complexity index is 1520. The number of hydrogen-bond donors (Lipinski definition) is 2. The van der Waals surface area contributed by atoms with Crippen molar-refractivity contribution in [1.82, 2.24) is 0 Å². The second-order valence-corrected chi connectivity index (χ2v) is 17.8. The third kappa shape index (κ3) is 3.89. The summed E-state index contributed by atoms with van der Waals surface area (Å²) in [5, 5.41) is 20.5. The summed E-state index contributed by atoms with van der Waals surface area (Å²) in [5.41, 5.74) is 2.40. The Hall–Kier alpha value is -2.44. The normalized spacial score (nSPS) is 46.5. The highest BCUT2D eigenvalue weighted by atomic mass is 16.7. The van der Waals surface area contributed by atoms with Crippen LogP contribution in [-0.2, 0) is 14.3 Å². The third-order valence-corrected chi connectivity index (χ3v) is 15.4. The van der Waals surface area contributed by atoms with E-state index in [-0.39, 0.29) is 51.6 Å². The van der Waals surface area contributed by atoms with Crippen molar-refractivity contribution in [3.05, 3.63) is 53.6 Å². The van der Waals surface area contributed by atoms with Crippen LogP contribution in [0.15, 0.2) is 42.5 Å². The van der Waals surface area contributed by atoms with Gasteiger partial charge in [0.25, 0.3) is 0 Å². The molecule has 2 unspecified atom stereocenters. The fourth-order valence-corrected chi connectivity index (χ4v) is 13.4. The molecule has 0 bridgehead atoms. The molecule has 7 rings (SSSR count). The standard InChI is InChI=1S/C40H54O6/c1-22(2)25-16-19-40(34(43)44)21-31-38(8)27(32(25)40)14-15-28-37(7)18-17-26(23-10-12-24(13-11-23)33(41)42)35(3,4)29(37)20-30(39(28,38)9)45-36(5,6)46-31/h10-13,17,25,27-32H,1,14-16,18-21H2,2-9H3,(H,41,42)(H,43,44)/t25-,27+,28?,29-,30-,31-,32+,37?,38-,39-,40-/m0/s1. The van der Waals surface area contributed by atoms with Crippen molar-refractivity contribution in [2.24, 2.45) is 56.7 Å². The predicted octanol–water partition coefficient (Wildman–Crippen LogP) is 8.86. The zero-order valence-corrected chi connectivity index (χ0v) is 29.1. The fraction of sp³-hybridized carbons (Fsp3) is 0.700. The van der Waals surface area contributed by atoms with Gasteiger partial charge in [-0.1, -0.05) is 65.0 Å². The molecule has 1 heterocycles. The Balaban J connectivity index is 1.37. The molecule has 250 valence electrons. The van der Waals surface area contributed by atoms with Crippen molar-refractivity contribution in [1.29, 1.82) is 0 Å². The van der Waals surface area contributed by atoms with Crippen LogP contribution in [0.1, 0.15) is 116 Å². The molecule has 1 aromatic rings. The molecule has 0 spiro atoms. The van der Waals surface area contributed by atoms with Crippen LogP contribution < -0.4 is 0 Å². The van der Waals surface area contributed by atoms with Crippen LogP contribution in [-0.4, -0.2) is 40.1 Å². The lowest BCUT2D eigenvalue weighted by atomic mass is 9.31. The molecule has 0 aromatic heterocycles. The van der Waals surface area contributed by atoms with Crippen molar-refractivity contribution < 1.29 is 29.3 Å². The molecule has 1 aliphatic heterocycles. The fourth-order valence-electron chi connectivity index (χ4n) is 13.4. The van der Waals surface area contributed by atoms with Crippen molar-refractivity contribution in [3.63, 3.8) is 0 Å². The number of ether oxygens (including phenoxy) is 2. The SMILES string of the molecule is C=C(C)[C@@H]1CC[C@]2(C(=O)O)C[C@@H]3OC(C)(C)O[C@H]4C[C@H]5C(C)(C)C(c6ccc(C(=O)O)cc6)=CCC5(C)C5CC[C@H]([C@@H]12)[C@]3(C)[C@@]54C. The summed E-state index contributed by atoms with van der Waals surface area (Å²) in [5.74, 6) is -1.21. The average Bonchev–Trinajstić information content (AvgIpc) is 3.33. The molecule has 11 atom stereocenters. The van der Waals surface area contributed by atoms with Crippen molar-refractivity contribution in [2.75, 3.05) is 0 Å². The zero-order chi connectivity index (χ0) is 33.4. The van der Waals surface area contributed by atoms with Gasteiger partial charge in [-0.3, -0.25) is 4.79 Å². The van der Waals surface area contributed by atoms with Gasteiger partial charge in [0.2, 0.25) is 0 Å². The van der Waals surface area contributed by atoms with E-state index in [2.05, 4.69) is 54.2 Å². The number of carbonyl (C=O) groups is 2. The molecule has 6 nitrogen and oxygen atoms in total. The summed E-state index contributed by atoms with van der Waals surface area (Å²) in [6.07, 6.45) is 8.23. The quantitative estimate of drug-likeness (QED) is 0.323. The van der Waals surface area contributed by atoms with E-state index >= 15 is 0 Å². The minimum absolute atomic E-state index is 0.0143. The van der Waals surface area contributed by atoms with Crippen LogP contribution in [0.5, 0.6) is 0 Å². The molecule has 1 aromatic carbocycles. The number of aliphatic carboxylic acids is 1. The minimum Gasteiger partial charge on any atom is -0.481 e. The molecule has 6 aliphatic rings. The molecular weight excluding hydrogens is 576 g/mol. The Morgan fingerprint density at radius 2 is 1.52 bits per heavy atom. The largest absolute Gasteiger partial charge is 0.481 e. The lowest BCUT2D eigenvalue weighted by molar-refractivity contribution is -0.275. The molecular formula is C40H54O6. The van der Waals surface area contributed by atoms with E-state index < -0.39 is 23.1 Å². The van der Waals surface area contributed by atoms with E-state index in [9.17, 15) is 19.8 Å². The van der Waals surface area contributed by atoms with E-state index in [4.69, 9.17) is 9.47 Å². The zero-order valence-electron chi connectivity index (χ0n) is 29.1. The van der Waals surface area contributed by atoms with E-state index in [1.165, 1.54) is 5.57 Å². The molecule has 2 N–H and O–H groups in total. The molecule has 0 amide bonds. The second-order valence-electron chi connectivity index (χ2n) is 17.8. The summed E-state index contributed by atoms with van der Waals surface area (Å²) in [6, 6.07) is 7.38. The van der Waals surface area contributed by atoms with Gasteiger partial charge in [-0.15, -0.1) is 0 Å². The number of carboxylic acid groups (broad SMARTS) is 2. The lowest BCUT2D eigenvalue weighted by Gasteiger charge is -2.73. The van der Waals surface area contributed by atoms with E-state index in [1.54, 1.807) is 12.1 Å². The molecule has 5 fully saturated rings. The highest BCUT2D eigenvalue weighted by Crippen LogP contribution is 2.79. The summed E-state index contributed by atoms with van der Waals surface area (Å²) in [7, 11) is 0. The van der Waals surface area contributed by atoms with Crippen molar-refractivity contribution in [2.45, 2.75) is 118 Å². The first-order valence-electron chi connectivity index (χ1n) is 17.6. The summed E-state index contributed by atoms with van der Waals surface area (Å²) in [4.78, 5) is 24.9. The number of carboxylic acids is 2. The Morgan fingerprint density at radius 1 is 0.870 bits per heavy atom. The number of benzene rings is 1. The highest BCUT2D eigenvalue weighted by molar-refractivity contribution is 5.88. The van der Waals surface area contributed by atoms with Crippen LogP contribution in [0.2, 0.25) is 0 Å². The minimum atomic E-state index is -0.907. The van der Waals surface area contributed by atoms with E-state index in [0.717, 1.165) is 43.2 Å². The second kappa shape index (κ2) is 9.81. The van der Waals surface area contributed by atoms with Gasteiger partial charge in [0.15, 0.2) is 5.79 Å². The van der Waals surface area contributed by atoms with Gasteiger partial charge in [-0.25, -0.2) is 4.79 Å². The summed E-state index contributed by atoms with van der Waals surface area (Å²) in [6.45, 7) is 22.9.